The summed E-state index contributed by atoms with van der Waals surface area (Å²) >= 11 is 0. The number of nitrogens with two attached hydrogens (primary N) is 1. The molecule has 0 spiro atoms. The monoisotopic (exact) mass is 236 g/mol. The van der Waals surface area contributed by atoms with Gasteiger partial charge in [-0.05, 0) is 18.6 Å². The molecule has 0 aromatic heterocycles. The Kier molecular flexibility index (Phi) is 3.71. The summed E-state index contributed by atoms with van der Waals surface area (Å²) in [5.41, 5.74) is 6.62. The Hall–Kier alpha value is -1.45. The highest BCUT2D eigenvalue weighted by atomic mass is 16.5. The molecule has 1 heterocycles. The molecule has 1 aliphatic carbocycles. The third kappa shape index (κ3) is 3.25. The summed E-state index contributed by atoms with van der Waals surface area (Å²) in [7, 11) is 0. The third-order valence-corrected chi connectivity index (χ3v) is 3.35. The number of amides is 1. The summed E-state index contributed by atoms with van der Waals surface area (Å²) in [6, 6.07) is 0. The van der Waals surface area contributed by atoms with Crippen molar-refractivity contribution in [2.75, 3.05) is 13.1 Å². The van der Waals surface area contributed by atoms with Gasteiger partial charge in [0.25, 0.3) is 0 Å². The summed E-state index contributed by atoms with van der Waals surface area (Å²) in [5, 5.41) is 0. The van der Waals surface area contributed by atoms with E-state index in [0.29, 0.717) is 0 Å². The average molecular weight is 236 g/mol. The minimum Gasteiger partial charge on any atom is -0.495 e. The van der Waals surface area contributed by atoms with Crippen molar-refractivity contribution in [3.05, 3.63) is 23.6 Å². The van der Waals surface area contributed by atoms with Gasteiger partial charge in [0, 0.05) is 45.0 Å². The summed E-state index contributed by atoms with van der Waals surface area (Å²) < 4.78 is 5.93. The van der Waals surface area contributed by atoms with Crippen molar-refractivity contribution in [3.8, 4) is 0 Å². The number of hydrogen-bond donors (Lipinski definition) is 1. The zero-order valence-electron chi connectivity index (χ0n) is 10.3. The molecule has 1 amide bonds. The molecule has 94 valence electrons. The lowest BCUT2D eigenvalue weighted by Crippen LogP contribution is -2.39. The van der Waals surface area contributed by atoms with E-state index in [1.165, 1.54) is 0 Å². The molecule has 0 atom stereocenters. The number of nitrogens with zero attached hydrogens (tertiary/aromatic N) is 1. The quantitative estimate of drug-likeness (QED) is 0.791. The van der Waals surface area contributed by atoms with E-state index in [9.17, 15) is 4.79 Å². The zero-order chi connectivity index (χ0) is 12.3. The van der Waals surface area contributed by atoms with E-state index < -0.39 is 0 Å². The maximum atomic E-state index is 11.2. The first-order chi connectivity index (χ1) is 8.15. The normalized spacial score (nSPS) is 21.8. The minimum atomic E-state index is 0.163. The Bertz CT molecular complexity index is 352. The Morgan fingerprint density at radius 2 is 2.06 bits per heavy atom. The molecule has 0 saturated carbocycles. The zero-order valence-corrected chi connectivity index (χ0v) is 10.3. The second-order valence-electron chi connectivity index (χ2n) is 4.70. The Labute approximate surface area is 102 Å². The van der Waals surface area contributed by atoms with Crippen LogP contribution in [0.3, 0.4) is 0 Å². The van der Waals surface area contributed by atoms with Crippen molar-refractivity contribution in [2.24, 2.45) is 5.73 Å². The topological polar surface area (TPSA) is 55.6 Å². The van der Waals surface area contributed by atoms with E-state index in [-0.39, 0.29) is 12.0 Å². The molecule has 2 rings (SSSR count). The summed E-state index contributed by atoms with van der Waals surface area (Å²) in [6.07, 6.45) is 7.78. The molecule has 4 heteroatoms. The third-order valence-electron chi connectivity index (χ3n) is 3.35. The first-order valence-corrected chi connectivity index (χ1v) is 6.22. The molecule has 0 radical (unpaired) electrons. The molecule has 1 aliphatic heterocycles. The Balaban J connectivity index is 1.80. The van der Waals surface area contributed by atoms with Gasteiger partial charge in [-0.25, -0.2) is 0 Å². The first-order valence-electron chi connectivity index (χ1n) is 6.22. The van der Waals surface area contributed by atoms with Gasteiger partial charge in [0.05, 0.1) is 5.76 Å². The van der Waals surface area contributed by atoms with Gasteiger partial charge in [0.15, 0.2) is 0 Å². The van der Waals surface area contributed by atoms with E-state index >= 15 is 0 Å². The van der Waals surface area contributed by atoms with Gasteiger partial charge in [0.2, 0.25) is 5.91 Å². The van der Waals surface area contributed by atoms with Crippen molar-refractivity contribution in [2.45, 2.75) is 38.7 Å². The van der Waals surface area contributed by atoms with Gasteiger partial charge in [-0.15, -0.1) is 0 Å². The molecule has 4 nitrogen and oxygen atoms in total. The SMILES string of the molecule is CC(=O)N1CCC(OC2=CC=C(N)CC2)CC1. The number of piperidine rings is 1. The standard InChI is InChI=1S/C13H20N2O2/c1-10(16)15-8-6-13(7-9-15)17-12-4-2-11(14)3-5-12/h2,4,13H,3,5-9,14H2,1H3. The van der Waals surface area contributed by atoms with Gasteiger partial charge < -0.3 is 15.4 Å². The van der Waals surface area contributed by atoms with Crippen LogP contribution in [-0.2, 0) is 9.53 Å². The second kappa shape index (κ2) is 5.25. The molecule has 1 saturated heterocycles. The molecule has 0 bridgehead atoms. The van der Waals surface area contributed by atoms with Crippen LogP contribution >= 0.6 is 0 Å². The fourth-order valence-corrected chi connectivity index (χ4v) is 2.24. The van der Waals surface area contributed by atoms with Gasteiger partial charge in [-0.3, -0.25) is 4.79 Å². The predicted molar refractivity (Wildman–Crippen MR) is 65.9 cm³/mol. The van der Waals surface area contributed by atoms with Crippen LogP contribution in [0.15, 0.2) is 23.6 Å². The van der Waals surface area contributed by atoms with Crippen LogP contribution in [0.4, 0.5) is 0 Å². The van der Waals surface area contributed by atoms with Crippen molar-refractivity contribution in [1.82, 2.24) is 4.90 Å². The van der Waals surface area contributed by atoms with Gasteiger partial charge in [-0.2, -0.15) is 0 Å². The highest BCUT2D eigenvalue weighted by Crippen LogP contribution is 2.22. The maximum Gasteiger partial charge on any atom is 0.219 e. The Morgan fingerprint density at radius 3 is 2.59 bits per heavy atom. The number of ether oxygens (including phenoxy) is 1. The molecule has 2 aliphatic rings. The largest absolute Gasteiger partial charge is 0.495 e. The molecule has 2 N–H and O–H groups in total. The number of hydrogen-bond acceptors (Lipinski definition) is 3. The predicted octanol–water partition coefficient (Wildman–Crippen LogP) is 1.53. The van der Waals surface area contributed by atoms with Crippen LogP contribution in [0.25, 0.3) is 0 Å². The Morgan fingerprint density at radius 1 is 1.35 bits per heavy atom. The molecular formula is C13H20N2O2. The summed E-state index contributed by atoms with van der Waals surface area (Å²) in [5.74, 6) is 1.19. The summed E-state index contributed by atoms with van der Waals surface area (Å²) in [6.45, 7) is 3.24. The fraction of sp³-hybridized carbons (Fsp3) is 0.615. The van der Waals surface area contributed by atoms with E-state index in [2.05, 4.69) is 0 Å². The van der Waals surface area contributed by atoms with Crippen molar-refractivity contribution in [3.63, 3.8) is 0 Å². The molecule has 0 aromatic rings. The van der Waals surface area contributed by atoms with Crippen LogP contribution in [0, 0.1) is 0 Å². The highest BCUT2D eigenvalue weighted by molar-refractivity contribution is 5.73. The lowest BCUT2D eigenvalue weighted by Gasteiger charge is -2.32. The molecule has 17 heavy (non-hydrogen) atoms. The van der Waals surface area contributed by atoms with Gasteiger partial charge in [0.1, 0.15) is 6.10 Å². The van der Waals surface area contributed by atoms with Crippen LogP contribution < -0.4 is 5.73 Å². The second-order valence-corrected chi connectivity index (χ2v) is 4.70. The van der Waals surface area contributed by atoms with Crippen molar-refractivity contribution in [1.29, 1.82) is 0 Å². The minimum absolute atomic E-state index is 0.163. The van der Waals surface area contributed by atoms with Crippen LogP contribution in [-0.4, -0.2) is 30.0 Å². The van der Waals surface area contributed by atoms with E-state index in [0.717, 1.165) is 50.2 Å². The number of rotatable bonds is 2. The first kappa shape index (κ1) is 12.0. The van der Waals surface area contributed by atoms with Gasteiger partial charge >= 0.3 is 0 Å². The van der Waals surface area contributed by atoms with Crippen LogP contribution in [0.2, 0.25) is 0 Å². The average Bonchev–Trinajstić information content (AvgIpc) is 2.33. The molecule has 0 aromatic carbocycles. The number of allylic oxidation sites excluding steroid dienone is 4. The molecular weight excluding hydrogens is 216 g/mol. The van der Waals surface area contributed by atoms with E-state index in [1.54, 1.807) is 6.92 Å². The van der Waals surface area contributed by atoms with E-state index in [1.807, 2.05) is 17.1 Å². The van der Waals surface area contributed by atoms with Crippen molar-refractivity contribution < 1.29 is 9.53 Å². The van der Waals surface area contributed by atoms with Gasteiger partial charge in [-0.1, -0.05) is 0 Å². The number of likely N-dealkylation sites (tertiary alicyclic amines) is 1. The number of carbonyl (C=O) groups excluding carboxylic acids is 1. The fourth-order valence-electron chi connectivity index (χ4n) is 2.24. The smallest absolute Gasteiger partial charge is 0.219 e. The van der Waals surface area contributed by atoms with E-state index in [4.69, 9.17) is 10.5 Å². The highest BCUT2D eigenvalue weighted by Gasteiger charge is 2.22. The number of carbonyl (C=O) groups is 1. The lowest BCUT2D eigenvalue weighted by molar-refractivity contribution is -0.131. The summed E-state index contributed by atoms with van der Waals surface area (Å²) in [4.78, 5) is 13.1. The van der Waals surface area contributed by atoms with Crippen LogP contribution in [0.5, 0.6) is 0 Å². The van der Waals surface area contributed by atoms with Crippen LogP contribution in [0.1, 0.15) is 32.6 Å². The maximum absolute atomic E-state index is 11.2. The van der Waals surface area contributed by atoms with Crippen molar-refractivity contribution >= 4 is 5.91 Å². The lowest BCUT2D eigenvalue weighted by atomic mass is 10.1. The molecule has 0 unspecified atom stereocenters. The molecule has 1 fully saturated rings.